The lowest BCUT2D eigenvalue weighted by atomic mass is 10.1. The number of benzene rings is 2. The zero-order chi connectivity index (χ0) is 23.2. The van der Waals surface area contributed by atoms with Gasteiger partial charge in [0.25, 0.3) is 5.91 Å². The summed E-state index contributed by atoms with van der Waals surface area (Å²) in [7, 11) is 0. The number of carbonyl (C=O) groups excluding carboxylic acids is 2. The third kappa shape index (κ3) is 5.20. The van der Waals surface area contributed by atoms with Crippen molar-refractivity contribution in [3.05, 3.63) is 95.6 Å². The number of nitriles is 1. The van der Waals surface area contributed by atoms with Crippen LogP contribution in [0.4, 0.5) is 5.69 Å². The summed E-state index contributed by atoms with van der Waals surface area (Å²) in [6.07, 6.45) is 4.88. The van der Waals surface area contributed by atoms with Gasteiger partial charge in [0, 0.05) is 28.4 Å². The predicted molar refractivity (Wildman–Crippen MR) is 126 cm³/mol. The van der Waals surface area contributed by atoms with Crippen LogP contribution in [0.3, 0.4) is 0 Å². The number of hydrogen-bond donors (Lipinski definition) is 2. The number of amides is 2. The summed E-state index contributed by atoms with van der Waals surface area (Å²) in [5.41, 5.74) is 3.11. The van der Waals surface area contributed by atoms with Crippen molar-refractivity contribution in [3.8, 4) is 6.07 Å². The van der Waals surface area contributed by atoms with Crippen molar-refractivity contribution in [2.24, 2.45) is 0 Å². The van der Waals surface area contributed by atoms with Crippen LogP contribution in [-0.4, -0.2) is 16.4 Å². The largest absolute Gasteiger partial charge is 0.467 e. The van der Waals surface area contributed by atoms with Crippen LogP contribution in [0.5, 0.6) is 0 Å². The summed E-state index contributed by atoms with van der Waals surface area (Å²) in [4.78, 5) is 25.2. The first kappa shape index (κ1) is 21.7. The smallest absolute Gasteiger partial charge is 0.266 e. The maximum atomic E-state index is 12.7. The van der Waals surface area contributed by atoms with E-state index in [0.717, 1.165) is 16.5 Å². The molecule has 0 aliphatic carbocycles. The molecule has 0 aliphatic rings. The molecule has 0 atom stereocenters. The molecule has 2 aromatic carbocycles. The number of rotatable bonds is 7. The van der Waals surface area contributed by atoms with E-state index in [1.165, 1.54) is 0 Å². The Balaban J connectivity index is 1.56. The topological polar surface area (TPSA) is 100 Å². The van der Waals surface area contributed by atoms with Crippen LogP contribution in [-0.2, 0) is 22.7 Å². The van der Waals surface area contributed by atoms with Gasteiger partial charge in [0.1, 0.15) is 23.9 Å². The van der Waals surface area contributed by atoms with E-state index in [0.29, 0.717) is 23.6 Å². The van der Waals surface area contributed by atoms with Crippen molar-refractivity contribution < 1.29 is 14.0 Å². The first-order valence-electron chi connectivity index (χ1n) is 10.4. The Morgan fingerprint density at radius 1 is 1.12 bits per heavy atom. The van der Waals surface area contributed by atoms with Crippen LogP contribution in [0.15, 0.2) is 83.1 Å². The third-order valence-corrected chi connectivity index (χ3v) is 5.11. The highest BCUT2D eigenvalue weighted by Gasteiger charge is 2.14. The average molecular weight is 438 g/mol. The van der Waals surface area contributed by atoms with Crippen molar-refractivity contribution in [2.45, 2.75) is 20.0 Å². The standard InChI is InChI=1S/C26H22N4O3/c1-18-6-4-7-21(12-18)29-26(32)19(14-27)13-20-16-30(24-10-3-2-9-23(20)24)17-25(31)28-15-22-8-5-11-33-22/h2-13,16H,15,17H2,1H3,(H,28,31)(H,29,32)/b19-13+. The van der Waals surface area contributed by atoms with E-state index in [9.17, 15) is 14.9 Å². The Bertz CT molecular complexity index is 1370. The Kier molecular flexibility index (Phi) is 6.37. The van der Waals surface area contributed by atoms with Crippen molar-refractivity contribution in [1.29, 1.82) is 5.26 Å². The lowest BCUT2D eigenvalue weighted by Crippen LogP contribution is -2.26. The fourth-order valence-electron chi connectivity index (χ4n) is 3.56. The summed E-state index contributed by atoms with van der Waals surface area (Å²) in [6.45, 7) is 2.32. The Morgan fingerprint density at radius 3 is 2.73 bits per heavy atom. The minimum absolute atomic E-state index is 0.0262. The van der Waals surface area contributed by atoms with Gasteiger partial charge in [-0.2, -0.15) is 5.26 Å². The highest BCUT2D eigenvalue weighted by atomic mass is 16.3. The molecule has 0 saturated heterocycles. The molecule has 0 fully saturated rings. The Morgan fingerprint density at radius 2 is 1.97 bits per heavy atom. The number of furan rings is 1. The lowest BCUT2D eigenvalue weighted by molar-refractivity contribution is -0.121. The van der Waals surface area contributed by atoms with Gasteiger partial charge in [-0.15, -0.1) is 0 Å². The highest BCUT2D eigenvalue weighted by Crippen LogP contribution is 2.24. The zero-order valence-electron chi connectivity index (χ0n) is 18.0. The second kappa shape index (κ2) is 9.71. The van der Waals surface area contributed by atoms with Crippen molar-refractivity contribution in [1.82, 2.24) is 9.88 Å². The van der Waals surface area contributed by atoms with Crippen molar-refractivity contribution in [2.75, 3.05) is 5.32 Å². The molecule has 0 saturated carbocycles. The van der Waals surface area contributed by atoms with Gasteiger partial charge < -0.3 is 19.6 Å². The molecule has 0 bridgehead atoms. The van der Waals surface area contributed by atoms with Crippen LogP contribution in [0.25, 0.3) is 17.0 Å². The summed E-state index contributed by atoms with van der Waals surface area (Å²) < 4.78 is 7.04. The molecule has 2 amide bonds. The molecule has 4 aromatic rings. The minimum Gasteiger partial charge on any atom is -0.467 e. The molecule has 164 valence electrons. The van der Waals surface area contributed by atoms with E-state index in [2.05, 4.69) is 10.6 Å². The molecule has 2 heterocycles. The average Bonchev–Trinajstić information content (AvgIpc) is 3.44. The molecule has 7 heteroatoms. The van der Waals surface area contributed by atoms with E-state index in [1.807, 2.05) is 55.5 Å². The Labute approximate surface area is 190 Å². The predicted octanol–water partition coefficient (Wildman–Crippen LogP) is 4.40. The molecule has 0 spiro atoms. The Hall–Kier alpha value is -4.57. The molecule has 7 nitrogen and oxygen atoms in total. The number of hydrogen-bond acceptors (Lipinski definition) is 4. The number of fused-ring (bicyclic) bond motifs is 1. The second-order valence-electron chi connectivity index (χ2n) is 7.58. The van der Waals surface area contributed by atoms with Gasteiger partial charge in [0.15, 0.2) is 0 Å². The normalized spacial score (nSPS) is 11.2. The first-order chi connectivity index (χ1) is 16.0. The number of aromatic nitrogens is 1. The highest BCUT2D eigenvalue weighted by molar-refractivity contribution is 6.10. The molecular formula is C26H22N4O3. The molecule has 2 N–H and O–H groups in total. The number of carbonyl (C=O) groups is 2. The van der Waals surface area contributed by atoms with Crippen molar-refractivity contribution >= 4 is 34.5 Å². The molecule has 0 unspecified atom stereocenters. The molecular weight excluding hydrogens is 416 g/mol. The van der Waals surface area contributed by atoms with Crippen LogP contribution in [0, 0.1) is 18.3 Å². The van der Waals surface area contributed by atoms with Crippen LogP contribution < -0.4 is 10.6 Å². The fourth-order valence-corrected chi connectivity index (χ4v) is 3.56. The number of aryl methyl sites for hydroxylation is 1. The van der Waals surface area contributed by atoms with E-state index in [1.54, 1.807) is 41.3 Å². The minimum atomic E-state index is -0.490. The quantitative estimate of drug-likeness (QED) is 0.330. The molecule has 0 aliphatic heterocycles. The van der Waals surface area contributed by atoms with Gasteiger partial charge in [-0.3, -0.25) is 9.59 Å². The van der Waals surface area contributed by atoms with Gasteiger partial charge >= 0.3 is 0 Å². The van der Waals surface area contributed by atoms with E-state index < -0.39 is 5.91 Å². The van der Waals surface area contributed by atoms with Crippen LogP contribution >= 0.6 is 0 Å². The van der Waals surface area contributed by atoms with Gasteiger partial charge in [-0.1, -0.05) is 30.3 Å². The van der Waals surface area contributed by atoms with Crippen LogP contribution in [0.1, 0.15) is 16.9 Å². The second-order valence-corrected chi connectivity index (χ2v) is 7.58. The van der Waals surface area contributed by atoms with Crippen molar-refractivity contribution in [3.63, 3.8) is 0 Å². The summed E-state index contributed by atoms with van der Waals surface area (Å²) in [5.74, 6) is -0.000812. The van der Waals surface area contributed by atoms with Gasteiger partial charge in [-0.05, 0) is 48.9 Å². The zero-order valence-corrected chi connectivity index (χ0v) is 18.0. The van der Waals surface area contributed by atoms with Gasteiger partial charge in [0.2, 0.25) is 5.91 Å². The maximum absolute atomic E-state index is 12.7. The summed E-state index contributed by atoms with van der Waals surface area (Å²) in [5, 5.41) is 16.0. The van der Waals surface area contributed by atoms with E-state index in [4.69, 9.17) is 4.42 Å². The fraction of sp³-hybridized carbons (Fsp3) is 0.115. The van der Waals surface area contributed by atoms with E-state index in [-0.39, 0.29) is 18.0 Å². The first-order valence-corrected chi connectivity index (χ1v) is 10.4. The van der Waals surface area contributed by atoms with Gasteiger partial charge in [0.05, 0.1) is 12.8 Å². The molecule has 0 radical (unpaired) electrons. The monoisotopic (exact) mass is 438 g/mol. The number of nitrogens with one attached hydrogen (secondary N) is 2. The number of nitrogens with zero attached hydrogens (tertiary/aromatic N) is 2. The SMILES string of the molecule is Cc1cccc(NC(=O)/C(C#N)=C/c2cn(CC(=O)NCc3ccco3)c3ccccc23)c1. The summed E-state index contributed by atoms with van der Waals surface area (Å²) in [6, 6.07) is 20.5. The number of para-hydroxylation sites is 1. The summed E-state index contributed by atoms with van der Waals surface area (Å²) >= 11 is 0. The molecule has 4 rings (SSSR count). The maximum Gasteiger partial charge on any atom is 0.266 e. The number of anilines is 1. The van der Waals surface area contributed by atoms with E-state index >= 15 is 0 Å². The molecule has 33 heavy (non-hydrogen) atoms. The third-order valence-electron chi connectivity index (χ3n) is 5.11. The lowest BCUT2D eigenvalue weighted by Gasteiger charge is -2.06. The van der Waals surface area contributed by atoms with Gasteiger partial charge in [-0.25, -0.2) is 0 Å². The van der Waals surface area contributed by atoms with Crippen LogP contribution in [0.2, 0.25) is 0 Å². The molecule has 2 aromatic heterocycles.